The number of carbonyl (C=O) groups is 1. The molecule has 3 rings (SSSR count). The first-order valence-electron chi connectivity index (χ1n) is 9.93. The van der Waals surface area contributed by atoms with Crippen LogP contribution in [0.3, 0.4) is 0 Å². The van der Waals surface area contributed by atoms with E-state index in [2.05, 4.69) is 11.4 Å². The fourth-order valence-electron chi connectivity index (χ4n) is 3.99. The molecular formula is C24H29NO4. The number of rotatable bonds is 8. The summed E-state index contributed by atoms with van der Waals surface area (Å²) in [5.41, 5.74) is 2.08. The summed E-state index contributed by atoms with van der Waals surface area (Å²) in [5, 5.41) is 3.10. The van der Waals surface area contributed by atoms with Gasteiger partial charge in [-0.15, -0.1) is 0 Å². The third kappa shape index (κ3) is 4.91. The SMILES string of the molecule is COc1ccc(C=CC(=O)NCC2(c3ccc(OC)c(OC)c3)CCCC2)cc1. The predicted molar refractivity (Wildman–Crippen MR) is 115 cm³/mol. The lowest BCUT2D eigenvalue weighted by Gasteiger charge is -2.30. The maximum Gasteiger partial charge on any atom is 0.244 e. The monoisotopic (exact) mass is 395 g/mol. The minimum absolute atomic E-state index is 0.0663. The zero-order valence-corrected chi connectivity index (χ0v) is 17.4. The largest absolute Gasteiger partial charge is 0.497 e. The van der Waals surface area contributed by atoms with Gasteiger partial charge in [-0.2, -0.15) is 0 Å². The Morgan fingerprint density at radius 2 is 1.66 bits per heavy atom. The fourth-order valence-corrected chi connectivity index (χ4v) is 3.99. The van der Waals surface area contributed by atoms with Crippen molar-refractivity contribution < 1.29 is 19.0 Å². The molecule has 2 aromatic carbocycles. The van der Waals surface area contributed by atoms with Gasteiger partial charge in [-0.1, -0.05) is 31.0 Å². The lowest BCUT2D eigenvalue weighted by molar-refractivity contribution is -0.116. The number of hydrogen-bond acceptors (Lipinski definition) is 4. The van der Waals surface area contributed by atoms with Crippen LogP contribution in [0.2, 0.25) is 0 Å². The smallest absolute Gasteiger partial charge is 0.244 e. The van der Waals surface area contributed by atoms with Gasteiger partial charge in [0.25, 0.3) is 0 Å². The van der Waals surface area contributed by atoms with E-state index < -0.39 is 0 Å². The lowest BCUT2D eigenvalue weighted by atomic mass is 9.78. The van der Waals surface area contributed by atoms with Crippen molar-refractivity contribution in [3.8, 4) is 17.2 Å². The van der Waals surface area contributed by atoms with Crippen LogP contribution in [0.5, 0.6) is 17.2 Å². The standard InChI is InChI=1S/C24H29NO4/c1-27-20-10-6-18(7-11-20)8-13-23(26)25-17-24(14-4-5-15-24)19-9-12-21(28-2)22(16-19)29-3/h6-13,16H,4-5,14-15,17H2,1-3H3,(H,25,26). The second-order valence-corrected chi connectivity index (χ2v) is 7.38. The van der Waals surface area contributed by atoms with Crippen LogP contribution >= 0.6 is 0 Å². The molecule has 1 amide bonds. The van der Waals surface area contributed by atoms with E-state index in [1.807, 2.05) is 42.5 Å². The average Bonchev–Trinajstić information content (AvgIpc) is 3.26. The first-order chi connectivity index (χ1) is 14.1. The highest BCUT2D eigenvalue weighted by molar-refractivity contribution is 5.91. The molecule has 0 unspecified atom stereocenters. The third-order valence-electron chi connectivity index (χ3n) is 5.70. The Morgan fingerprint density at radius 3 is 2.28 bits per heavy atom. The summed E-state index contributed by atoms with van der Waals surface area (Å²) in [6, 6.07) is 13.7. The van der Waals surface area contributed by atoms with E-state index in [4.69, 9.17) is 14.2 Å². The van der Waals surface area contributed by atoms with Crippen molar-refractivity contribution in [1.82, 2.24) is 5.32 Å². The third-order valence-corrected chi connectivity index (χ3v) is 5.70. The summed E-state index contributed by atoms with van der Waals surface area (Å²) in [4.78, 5) is 12.4. The molecule has 154 valence electrons. The van der Waals surface area contributed by atoms with Gasteiger partial charge in [-0.05, 0) is 54.3 Å². The van der Waals surface area contributed by atoms with Crippen LogP contribution in [-0.2, 0) is 10.2 Å². The van der Waals surface area contributed by atoms with Gasteiger partial charge in [0.15, 0.2) is 11.5 Å². The van der Waals surface area contributed by atoms with E-state index >= 15 is 0 Å². The number of ether oxygens (including phenoxy) is 3. The van der Waals surface area contributed by atoms with E-state index in [1.165, 1.54) is 5.56 Å². The molecule has 1 N–H and O–H groups in total. The zero-order chi connectivity index (χ0) is 20.7. The Hall–Kier alpha value is -2.95. The van der Waals surface area contributed by atoms with Crippen molar-refractivity contribution in [2.75, 3.05) is 27.9 Å². The molecule has 2 aromatic rings. The normalized spacial score (nSPS) is 15.3. The summed E-state index contributed by atoms with van der Waals surface area (Å²) in [6.07, 6.45) is 7.80. The Labute approximate surface area is 172 Å². The number of carbonyl (C=O) groups excluding carboxylic acids is 1. The van der Waals surface area contributed by atoms with E-state index in [-0.39, 0.29) is 11.3 Å². The molecule has 5 nitrogen and oxygen atoms in total. The van der Waals surface area contributed by atoms with Gasteiger partial charge in [-0.3, -0.25) is 4.79 Å². The summed E-state index contributed by atoms with van der Waals surface area (Å²) >= 11 is 0. The van der Waals surface area contributed by atoms with Gasteiger partial charge >= 0.3 is 0 Å². The Kier molecular flexibility index (Phi) is 6.81. The predicted octanol–water partition coefficient (Wildman–Crippen LogP) is 4.35. The quantitative estimate of drug-likeness (QED) is 0.675. The molecular weight excluding hydrogens is 366 g/mol. The number of methoxy groups -OCH3 is 3. The molecule has 0 saturated heterocycles. The van der Waals surface area contributed by atoms with Crippen LogP contribution in [0.15, 0.2) is 48.5 Å². The van der Waals surface area contributed by atoms with Crippen LogP contribution in [0.1, 0.15) is 36.8 Å². The molecule has 0 spiro atoms. The molecule has 0 heterocycles. The van der Waals surface area contributed by atoms with Gasteiger partial charge in [0, 0.05) is 18.0 Å². The van der Waals surface area contributed by atoms with E-state index in [0.717, 1.165) is 48.5 Å². The maximum atomic E-state index is 12.4. The molecule has 0 atom stereocenters. The second kappa shape index (κ2) is 9.50. The Morgan fingerprint density at radius 1 is 0.966 bits per heavy atom. The van der Waals surface area contributed by atoms with E-state index in [0.29, 0.717) is 6.54 Å². The lowest BCUT2D eigenvalue weighted by Crippen LogP contribution is -2.38. The summed E-state index contributed by atoms with van der Waals surface area (Å²) < 4.78 is 16.0. The number of amides is 1. The molecule has 5 heteroatoms. The van der Waals surface area contributed by atoms with Crippen molar-refractivity contribution in [2.24, 2.45) is 0 Å². The number of hydrogen-bond donors (Lipinski definition) is 1. The van der Waals surface area contributed by atoms with Gasteiger partial charge in [0.2, 0.25) is 5.91 Å². The number of benzene rings is 2. The number of nitrogens with one attached hydrogen (secondary N) is 1. The van der Waals surface area contributed by atoms with Crippen LogP contribution in [0.25, 0.3) is 6.08 Å². The highest BCUT2D eigenvalue weighted by Gasteiger charge is 2.36. The molecule has 0 aliphatic heterocycles. The van der Waals surface area contributed by atoms with Gasteiger partial charge in [0.05, 0.1) is 21.3 Å². The molecule has 0 radical (unpaired) electrons. The molecule has 29 heavy (non-hydrogen) atoms. The highest BCUT2D eigenvalue weighted by Crippen LogP contribution is 2.43. The molecule has 0 aromatic heterocycles. The van der Waals surface area contributed by atoms with Crippen LogP contribution in [0, 0.1) is 0 Å². The van der Waals surface area contributed by atoms with Crippen molar-refractivity contribution in [3.63, 3.8) is 0 Å². The zero-order valence-electron chi connectivity index (χ0n) is 17.4. The second-order valence-electron chi connectivity index (χ2n) is 7.38. The molecule has 1 fully saturated rings. The summed E-state index contributed by atoms with van der Waals surface area (Å²) in [7, 11) is 4.92. The van der Waals surface area contributed by atoms with Crippen molar-refractivity contribution >= 4 is 12.0 Å². The minimum atomic E-state index is -0.0902. The molecule has 1 aliphatic rings. The Bertz CT molecular complexity index is 852. The first kappa shape index (κ1) is 20.8. The molecule has 0 bridgehead atoms. The molecule has 1 aliphatic carbocycles. The fraction of sp³-hybridized carbons (Fsp3) is 0.375. The Balaban J connectivity index is 1.68. The molecule has 1 saturated carbocycles. The van der Waals surface area contributed by atoms with Gasteiger partial charge in [0.1, 0.15) is 5.75 Å². The van der Waals surface area contributed by atoms with Crippen LogP contribution < -0.4 is 19.5 Å². The van der Waals surface area contributed by atoms with Crippen LogP contribution in [-0.4, -0.2) is 33.8 Å². The van der Waals surface area contributed by atoms with Crippen LogP contribution in [0.4, 0.5) is 0 Å². The van der Waals surface area contributed by atoms with Gasteiger partial charge < -0.3 is 19.5 Å². The first-order valence-corrected chi connectivity index (χ1v) is 9.93. The van der Waals surface area contributed by atoms with Gasteiger partial charge in [-0.25, -0.2) is 0 Å². The van der Waals surface area contributed by atoms with Crippen molar-refractivity contribution in [2.45, 2.75) is 31.1 Å². The average molecular weight is 395 g/mol. The van der Waals surface area contributed by atoms with E-state index in [1.54, 1.807) is 27.4 Å². The summed E-state index contributed by atoms with van der Waals surface area (Å²) in [5.74, 6) is 2.15. The van der Waals surface area contributed by atoms with Crippen molar-refractivity contribution in [1.29, 1.82) is 0 Å². The minimum Gasteiger partial charge on any atom is -0.497 e. The topological polar surface area (TPSA) is 56.8 Å². The maximum absolute atomic E-state index is 12.4. The van der Waals surface area contributed by atoms with Crippen molar-refractivity contribution in [3.05, 3.63) is 59.7 Å². The summed E-state index contributed by atoms with van der Waals surface area (Å²) in [6.45, 7) is 0.605. The van der Waals surface area contributed by atoms with E-state index in [9.17, 15) is 4.79 Å². The highest BCUT2D eigenvalue weighted by atomic mass is 16.5.